The average molecular weight is 570 g/mol. The Morgan fingerprint density at radius 1 is 1.12 bits per heavy atom. The average Bonchev–Trinajstić information content (AvgIpc) is 3.33. The first-order valence-corrected chi connectivity index (χ1v) is 12.7. The summed E-state index contributed by atoms with van der Waals surface area (Å²) in [5.41, 5.74) is 5.72. The highest BCUT2D eigenvalue weighted by Crippen LogP contribution is 2.37. The van der Waals surface area contributed by atoms with Gasteiger partial charge in [-0.1, -0.05) is 0 Å². The molecule has 2 aliphatic rings. The molecule has 2 saturated heterocycles. The number of piperidine rings is 1. The zero-order valence-corrected chi connectivity index (χ0v) is 21.4. The molecule has 10 nitrogen and oxygen atoms in total. The Morgan fingerprint density at radius 2 is 1.95 bits per heavy atom. The van der Waals surface area contributed by atoms with Gasteiger partial charge in [0.05, 0.1) is 18.2 Å². The summed E-state index contributed by atoms with van der Waals surface area (Å²) in [6.07, 6.45) is 0.935. The minimum absolute atomic E-state index is 0.00667. The second kappa shape index (κ2) is 10.1. The predicted octanol–water partition coefficient (Wildman–Crippen LogP) is 3.89. The molecule has 6 rings (SSSR count). The lowest BCUT2D eigenvalue weighted by molar-refractivity contribution is -0.151. The number of halogens is 4. The first kappa shape index (κ1) is 26.6. The lowest BCUT2D eigenvalue weighted by Gasteiger charge is -2.41. The van der Waals surface area contributed by atoms with E-state index in [0.717, 1.165) is 31.2 Å². The third-order valence-electron chi connectivity index (χ3n) is 7.35. The molecule has 0 spiro atoms. The number of rotatable bonds is 4. The lowest BCUT2D eigenvalue weighted by atomic mass is 9.91. The third-order valence-corrected chi connectivity index (χ3v) is 7.35. The molecular formula is C27H23F4N7O3. The maximum absolute atomic E-state index is 15.5. The Balaban J connectivity index is 1.31. The van der Waals surface area contributed by atoms with Gasteiger partial charge in [0.2, 0.25) is 5.91 Å². The summed E-state index contributed by atoms with van der Waals surface area (Å²) >= 11 is 0. The minimum atomic E-state index is -4.61. The van der Waals surface area contributed by atoms with Crippen LogP contribution in [0.2, 0.25) is 0 Å². The van der Waals surface area contributed by atoms with Gasteiger partial charge < -0.3 is 20.7 Å². The molecular weight excluding hydrogens is 546 g/mol. The summed E-state index contributed by atoms with van der Waals surface area (Å²) in [5.74, 6) is -1.49. The standard InChI is InChI=1S/C27H23F4N7O3/c28-19-9-14(26(40)35-20-10-16(5-6-33-20)27(29,30)31)2-4-18(19)22-23-24(32)34-7-8-37(23)25(36-22)15-1-3-17-12-41-13-21(39)38(17)11-15/h2,4-10,15,17H,1,3,11-13H2,(H2,32,34)(H,33,35,40)/t15-,17+/m1/s1. The van der Waals surface area contributed by atoms with Crippen LogP contribution in [0.25, 0.3) is 16.8 Å². The van der Waals surface area contributed by atoms with E-state index >= 15 is 4.39 Å². The summed E-state index contributed by atoms with van der Waals surface area (Å²) in [5, 5.41) is 2.26. The third kappa shape index (κ3) is 4.94. The number of nitrogens with one attached hydrogen (secondary N) is 1. The van der Waals surface area contributed by atoms with Crippen LogP contribution in [0.4, 0.5) is 29.2 Å². The lowest BCUT2D eigenvalue weighted by Crippen LogP contribution is -2.53. The smallest absolute Gasteiger partial charge is 0.382 e. The summed E-state index contributed by atoms with van der Waals surface area (Å²) in [6, 6.07) is 5.12. The maximum Gasteiger partial charge on any atom is 0.416 e. The molecule has 2 atom stereocenters. The van der Waals surface area contributed by atoms with Crippen LogP contribution in [0.1, 0.15) is 40.5 Å². The van der Waals surface area contributed by atoms with Crippen molar-refractivity contribution in [3.8, 4) is 11.3 Å². The van der Waals surface area contributed by atoms with Crippen molar-refractivity contribution in [2.75, 3.05) is 30.8 Å². The molecule has 2 aliphatic heterocycles. The highest BCUT2D eigenvalue weighted by Gasteiger charge is 2.37. The number of nitrogens with zero attached hydrogens (tertiary/aromatic N) is 5. The van der Waals surface area contributed by atoms with E-state index in [-0.39, 0.29) is 52.9 Å². The Bertz CT molecular complexity index is 1670. The van der Waals surface area contributed by atoms with Crippen LogP contribution in [-0.2, 0) is 15.7 Å². The van der Waals surface area contributed by atoms with E-state index in [4.69, 9.17) is 15.5 Å². The zero-order valence-electron chi connectivity index (χ0n) is 21.4. The van der Waals surface area contributed by atoms with Crippen molar-refractivity contribution in [3.05, 3.63) is 71.7 Å². The van der Waals surface area contributed by atoms with Crippen molar-refractivity contribution in [1.82, 2.24) is 24.3 Å². The van der Waals surface area contributed by atoms with Crippen molar-refractivity contribution in [2.45, 2.75) is 31.0 Å². The van der Waals surface area contributed by atoms with Gasteiger partial charge in [0, 0.05) is 42.2 Å². The summed E-state index contributed by atoms with van der Waals surface area (Å²) in [4.78, 5) is 39.6. The van der Waals surface area contributed by atoms with E-state index in [0.29, 0.717) is 30.6 Å². The number of pyridine rings is 1. The molecule has 0 unspecified atom stereocenters. The fourth-order valence-corrected chi connectivity index (χ4v) is 5.36. The van der Waals surface area contributed by atoms with E-state index in [2.05, 4.69) is 15.3 Å². The number of amides is 2. The van der Waals surface area contributed by atoms with Crippen molar-refractivity contribution < 1.29 is 31.9 Å². The number of nitrogens with two attached hydrogens (primary N) is 1. The number of carbonyl (C=O) groups excluding carboxylic acids is 2. The van der Waals surface area contributed by atoms with Crippen LogP contribution < -0.4 is 11.1 Å². The number of hydrogen-bond acceptors (Lipinski definition) is 7. The van der Waals surface area contributed by atoms with Crippen LogP contribution in [0, 0.1) is 5.82 Å². The van der Waals surface area contributed by atoms with Crippen LogP contribution in [0.15, 0.2) is 48.9 Å². The molecule has 5 heterocycles. The van der Waals surface area contributed by atoms with Gasteiger partial charge in [0.25, 0.3) is 5.91 Å². The van der Waals surface area contributed by atoms with Crippen molar-refractivity contribution in [1.29, 1.82) is 0 Å². The van der Waals surface area contributed by atoms with E-state index in [1.165, 1.54) is 18.3 Å². The van der Waals surface area contributed by atoms with Gasteiger partial charge in [0.1, 0.15) is 41.1 Å². The maximum atomic E-state index is 15.5. The number of carbonyl (C=O) groups is 2. The Kier molecular flexibility index (Phi) is 6.56. The highest BCUT2D eigenvalue weighted by molar-refractivity contribution is 6.04. The molecule has 2 fully saturated rings. The van der Waals surface area contributed by atoms with Gasteiger partial charge in [-0.2, -0.15) is 13.2 Å². The number of fused-ring (bicyclic) bond motifs is 2. The molecule has 4 aromatic rings. The van der Waals surface area contributed by atoms with Crippen LogP contribution in [0.5, 0.6) is 0 Å². The fraction of sp³-hybridized carbons (Fsp3) is 0.296. The van der Waals surface area contributed by atoms with Crippen LogP contribution in [-0.4, -0.2) is 61.9 Å². The molecule has 2 amide bonds. The second-order valence-electron chi connectivity index (χ2n) is 9.92. The summed E-state index contributed by atoms with van der Waals surface area (Å²) in [7, 11) is 0. The SMILES string of the molecule is Nc1nccn2c([C@@H]3CC[C@H]4COCC(=O)N4C3)nc(-c3ccc(C(=O)Nc4cc(C(F)(F)F)ccn4)cc3F)c12. The number of hydrogen-bond donors (Lipinski definition) is 2. The molecule has 14 heteroatoms. The molecule has 41 heavy (non-hydrogen) atoms. The van der Waals surface area contributed by atoms with Gasteiger partial charge in [-0.05, 0) is 43.2 Å². The monoisotopic (exact) mass is 569 g/mol. The van der Waals surface area contributed by atoms with Crippen molar-refractivity contribution >= 4 is 29.0 Å². The summed E-state index contributed by atoms with van der Waals surface area (Å²) in [6.45, 7) is 0.944. The molecule has 1 aromatic carbocycles. The van der Waals surface area contributed by atoms with E-state index in [1.807, 2.05) is 0 Å². The highest BCUT2D eigenvalue weighted by atomic mass is 19.4. The molecule has 0 bridgehead atoms. The number of ether oxygens (including phenoxy) is 1. The summed E-state index contributed by atoms with van der Waals surface area (Å²) < 4.78 is 61.6. The Hall–Kier alpha value is -4.59. The number of nitrogen functional groups attached to an aromatic ring is 1. The molecule has 3 aromatic heterocycles. The molecule has 0 aliphatic carbocycles. The number of imidazole rings is 1. The molecule has 3 N–H and O–H groups in total. The molecule has 0 saturated carbocycles. The number of aromatic nitrogens is 4. The van der Waals surface area contributed by atoms with Gasteiger partial charge in [0.15, 0.2) is 0 Å². The van der Waals surface area contributed by atoms with Gasteiger partial charge in [-0.15, -0.1) is 0 Å². The second-order valence-corrected chi connectivity index (χ2v) is 9.92. The fourth-order valence-electron chi connectivity index (χ4n) is 5.36. The number of anilines is 2. The van der Waals surface area contributed by atoms with Gasteiger partial charge in [-0.3, -0.25) is 14.0 Å². The van der Waals surface area contributed by atoms with Crippen molar-refractivity contribution in [2.24, 2.45) is 0 Å². The first-order chi connectivity index (χ1) is 19.6. The quantitative estimate of drug-likeness (QED) is 0.357. The first-order valence-electron chi connectivity index (χ1n) is 12.7. The minimum Gasteiger partial charge on any atom is -0.382 e. The van der Waals surface area contributed by atoms with Crippen LogP contribution in [0.3, 0.4) is 0 Å². The molecule has 0 radical (unpaired) electrons. The van der Waals surface area contributed by atoms with E-state index in [1.54, 1.807) is 15.5 Å². The van der Waals surface area contributed by atoms with Crippen LogP contribution >= 0.6 is 0 Å². The van der Waals surface area contributed by atoms with Gasteiger partial charge in [-0.25, -0.2) is 19.3 Å². The number of benzene rings is 1. The largest absolute Gasteiger partial charge is 0.416 e. The Labute approximate surface area is 230 Å². The van der Waals surface area contributed by atoms with E-state index in [9.17, 15) is 22.8 Å². The molecule has 212 valence electrons. The predicted molar refractivity (Wildman–Crippen MR) is 138 cm³/mol. The van der Waals surface area contributed by atoms with Gasteiger partial charge >= 0.3 is 6.18 Å². The normalized spacial score (nSPS) is 19.3. The topological polar surface area (TPSA) is 128 Å². The number of alkyl halides is 3. The zero-order chi connectivity index (χ0) is 28.9. The number of morpholine rings is 1. The van der Waals surface area contributed by atoms with E-state index < -0.39 is 23.5 Å². The van der Waals surface area contributed by atoms with Crippen molar-refractivity contribution in [3.63, 3.8) is 0 Å². The Morgan fingerprint density at radius 3 is 2.73 bits per heavy atom.